The van der Waals surface area contributed by atoms with Gasteiger partial charge in [0.25, 0.3) is 8.32 Å². The minimum absolute atomic E-state index is 0.0297. The molecule has 2 aromatic rings. The van der Waals surface area contributed by atoms with Crippen LogP contribution >= 0.6 is 0 Å². The molecule has 0 bridgehead atoms. The maximum absolute atomic E-state index is 7.47. The van der Waals surface area contributed by atoms with Crippen molar-refractivity contribution in [2.75, 3.05) is 13.7 Å². The van der Waals surface area contributed by atoms with E-state index in [2.05, 4.69) is 170 Å². The zero-order valence-corrected chi connectivity index (χ0v) is 35.3. The third kappa shape index (κ3) is 9.21. The summed E-state index contributed by atoms with van der Waals surface area (Å²) in [5.41, 5.74) is 0. The fourth-order valence-corrected chi connectivity index (χ4v) is 13.3. The Balaban J connectivity index is 2.72. The smallest absolute Gasteiger partial charge is 0.261 e. The van der Waals surface area contributed by atoms with E-state index in [1.54, 1.807) is 0 Å². The molecule has 0 radical (unpaired) electrons. The van der Waals surface area contributed by atoms with E-state index >= 15 is 0 Å². The van der Waals surface area contributed by atoms with Crippen molar-refractivity contribution in [1.82, 2.24) is 0 Å². The molecule has 0 amide bonds. The fraction of sp³-hybridized carbons (Fsp3) is 0.641. The van der Waals surface area contributed by atoms with Gasteiger partial charge in [0.05, 0.1) is 18.8 Å². The van der Waals surface area contributed by atoms with Crippen LogP contribution in [0.2, 0.25) is 41.3 Å². The highest BCUT2D eigenvalue weighted by Gasteiger charge is 2.52. The lowest BCUT2D eigenvalue weighted by molar-refractivity contribution is -0.0794. The molecular formula is C39H68O4Si3. The maximum Gasteiger partial charge on any atom is 0.261 e. The highest BCUT2D eigenvalue weighted by molar-refractivity contribution is 6.99. The molecule has 7 heteroatoms. The molecule has 46 heavy (non-hydrogen) atoms. The summed E-state index contributed by atoms with van der Waals surface area (Å²) in [5, 5.41) is 2.49. The second-order valence-electron chi connectivity index (χ2n) is 17.4. The standard InChI is InChI=1S/C39H68O4Si3/c1-18-30(2)35(42-44(14,15)37(4,5)6)31(3)36(43-45(16,17)38(7,8)9)34(40-13)29-41-46(39(10,11)12,32-25-21-19-22-26-32)33-27-23-20-24-28-33/h18-28,30-31,34-36H,1,29H2,2-17H3/t30-,31+,34-,35-,36-/m0/s1. The van der Waals surface area contributed by atoms with Gasteiger partial charge in [-0.3, -0.25) is 0 Å². The number of hydrogen-bond donors (Lipinski definition) is 0. The molecule has 0 spiro atoms. The topological polar surface area (TPSA) is 36.9 Å². The zero-order chi connectivity index (χ0) is 35.4. The zero-order valence-electron chi connectivity index (χ0n) is 32.3. The van der Waals surface area contributed by atoms with Crippen molar-refractivity contribution in [1.29, 1.82) is 0 Å². The molecule has 0 saturated heterocycles. The van der Waals surface area contributed by atoms with Crippen LogP contribution in [0.5, 0.6) is 0 Å². The number of ether oxygens (including phenoxy) is 1. The normalized spacial score (nSPS) is 17.2. The first-order chi connectivity index (χ1) is 21.0. The van der Waals surface area contributed by atoms with Gasteiger partial charge in [-0.1, -0.05) is 143 Å². The van der Waals surface area contributed by atoms with Gasteiger partial charge in [0.1, 0.15) is 6.10 Å². The summed E-state index contributed by atoms with van der Waals surface area (Å²) >= 11 is 0. The third-order valence-electron chi connectivity index (χ3n) is 11.0. The summed E-state index contributed by atoms with van der Waals surface area (Å²) in [7, 11) is -5.32. The van der Waals surface area contributed by atoms with E-state index in [9.17, 15) is 0 Å². The molecule has 0 aliphatic carbocycles. The third-order valence-corrected chi connectivity index (χ3v) is 24.9. The van der Waals surface area contributed by atoms with Gasteiger partial charge in [0, 0.05) is 13.0 Å². The molecule has 260 valence electrons. The first-order valence-electron chi connectivity index (χ1n) is 17.2. The number of benzene rings is 2. The minimum Gasteiger partial charge on any atom is -0.413 e. The van der Waals surface area contributed by atoms with Crippen LogP contribution < -0.4 is 10.4 Å². The van der Waals surface area contributed by atoms with E-state index in [4.69, 9.17) is 18.0 Å². The van der Waals surface area contributed by atoms with Crippen molar-refractivity contribution >= 4 is 35.3 Å². The van der Waals surface area contributed by atoms with Gasteiger partial charge in [0.2, 0.25) is 0 Å². The van der Waals surface area contributed by atoms with E-state index in [0.29, 0.717) is 6.61 Å². The van der Waals surface area contributed by atoms with Crippen LogP contribution in [-0.4, -0.2) is 57.0 Å². The van der Waals surface area contributed by atoms with Gasteiger partial charge < -0.3 is 18.0 Å². The van der Waals surface area contributed by atoms with Crippen LogP contribution in [0.3, 0.4) is 0 Å². The second kappa shape index (κ2) is 15.5. The van der Waals surface area contributed by atoms with E-state index in [0.717, 1.165) is 0 Å². The Morgan fingerprint density at radius 1 is 0.652 bits per heavy atom. The molecule has 2 rings (SSSR count). The van der Waals surface area contributed by atoms with E-state index < -0.39 is 25.0 Å². The second-order valence-corrected chi connectivity index (χ2v) is 31.2. The predicted molar refractivity (Wildman–Crippen MR) is 207 cm³/mol. The first-order valence-corrected chi connectivity index (χ1v) is 25.0. The lowest BCUT2D eigenvalue weighted by Gasteiger charge is -2.48. The van der Waals surface area contributed by atoms with E-state index in [1.807, 2.05) is 13.2 Å². The molecule has 0 saturated carbocycles. The molecule has 0 heterocycles. The van der Waals surface area contributed by atoms with Crippen LogP contribution in [0, 0.1) is 11.8 Å². The first kappa shape index (κ1) is 40.8. The van der Waals surface area contributed by atoms with E-state index in [1.165, 1.54) is 10.4 Å². The average Bonchev–Trinajstić information content (AvgIpc) is 2.95. The molecule has 0 aromatic heterocycles. The SMILES string of the molecule is C=C[C@H](C)[C@H](O[Si](C)(C)C(C)(C)C)[C@@H](C)[C@H](O[Si](C)(C)C(C)(C)C)[C@H](CO[Si](c1ccccc1)(c1ccccc1)C(C)(C)C)OC. The van der Waals surface area contributed by atoms with Gasteiger partial charge >= 0.3 is 0 Å². The Labute approximate surface area is 287 Å². The van der Waals surface area contributed by atoms with Gasteiger partial charge in [-0.25, -0.2) is 0 Å². The van der Waals surface area contributed by atoms with E-state index in [-0.39, 0.29) is 45.3 Å². The van der Waals surface area contributed by atoms with Crippen LogP contribution in [0.25, 0.3) is 0 Å². The van der Waals surface area contributed by atoms with Crippen molar-refractivity contribution in [2.24, 2.45) is 11.8 Å². The van der Waals surface area contributed by atoms with Gasteiger partial charge in [-0.05, 0) is 57.6 Å². The highest BCUT2D eigenvalue weighted by atomic mass is 28.4. The summed E-state index contributed by atoms with van der Waals surface area (Å²) in [4.78, 5) is 0. The Hall–Kier alpha value is -1.33. The lowest BCUT2D eigenvalue weighted by atomic mass is 9.87. The largest absolute Gasteiger partial charge is 0.413 e. The summed E-state index contributed by atoms with van der Waals surface area (Å²) in [6.07, 6.45) is 1.44. The Morgan fingerprint density at radius 2 is 1.04 bits per heavy atom. The molecule has 0 aliphatic heterocycles. The molecule has 4 nitrogen and oxygen atoms in total. The molecule has 0 aliphatic rings. The quantitative estimate of drug-likeness (QED) is 0.138. The molecule has 0 unspecified atom stereocenters. The Bertz CT molecular complexity index is 1170. The number of methoxy groups -OCH3 is 1. The van der Waals surface area contributed by atoms with Crippen molar-refractivity contribution in [2.45, 2.75) is 136 Å². The highest BCUT2D eigenvalue weighted by Crippen LogP contribution is 2.43. The predicted octanol–water partition coefficient (Wildman–Crippen LogP) is 9.82. The Morgan fingerprint density at radius 3 is 1.37 bits per heavy atom. The van der Waals surface area contributed by atoms with Crippen molar-refractivity contribution in [3.8, 4) is 0 Å². The van der Waals surface area contributed by atoms with Crippen LogP contribution in [0.15, 0.2) is 73.3 Å². The number of rotatable bonds is 15. The molecular weight excluding hydrogens is 617 g/mol. The number of hydrogen-bond acceptors (Lipinski definition) is 4. The average molecular weight is 685 g/mol. The summed E-state index contributed by atoms with van der Waals surface area (Å²) < 4.78 is 28.6. The molecule has 5 atom stereocenters. The van der Waals surface area contributed by atoms with Crippen molar-refractivity contribution < 1.29 is 18.0 Å². The van der Waals surface area contributed by atoms with Gasteiger partial charge in [-0.2, -0.15) is 0 Å². The van der Waals surface area contributed by atoms with Crippen molar-refractivity contribution in [3.05, 3.63) is 73.3 Å². The van der Waals surface area contributed by atoms with Crippen LogP contribution in [-0.2, 0) is 18.0 Å². The Kier molecular flexibility index (Phi) is 13.7. The molecule has 0 fully saturated rings. The minimum atomic E-state index is -2.79. The maximum atomic E-state index is 7.47. The fourth-order valence-electron chi connectivity index (χ4n) is 5.84. The monoisotopic (exact) mass is 684 g/mol. The van der Waals surface area contributed by atoms with Gasteiger partial charge in [0.15, 0.2) is 16.6 Å². The molecule has 2 aromatic carbocycles. The van der Waals surface area contributed by atoms with Crippen molar-refractivity contribution in [3.63, 3.8) is 0 Å². The summed E-state index contributed by atoms with van der Waals surface area (Å²) in [5.74, 6) is 0.175. The summed E-state index contributed by atoms with van der Waals surface area (Å²) in [6, 6.07) is 21.7. The molecule has 0 N–H and O–H groups in total. The van der Waals surface area contributed by atoms with Gasteiger partial charge in [-0.15, -0.1) is 6.58 Å². The van der Waals surface area contributed by atoms with Crippen LogP contribution in [0.1, 0.15) is 76.2 Å². The summed E-state index contributed by atoms with van der Waals surface area (Å²) in [6.45, 7) is 39.3. The lowest BCUT2D eigenvalue weighted by Crippen LogP contribution is -2.67. The van der Waals surface area contributed by atoms with Crippen LogP contribution in [0.4, 0.5) is 0 Å².